The first-order chi connectivity index (χ1) is 16.9. The summed E-state index contributed by atoms with van der Waals surface area (Å²) in [4.78, 5) is 27.9. The van der Waals surface area contributed by atoms with E-state index in [9.17, 15) is 18.4 Å². The number of benzene rings is 2. The number of fused-ring (bicyclic) bond motifs is 2. The van der Waals surface area contributed by atoms with Gasteiger partial charge in [-0.15, -0.1) is 0 Å². The lowest BCUT2D eigenvalue weighted by atomic mass is 9.90. The molecule has 6 nitrogen and oxygen atoms in total. The van der Waals surface area contributed by atoms with Gasteiger partial charge in [0, 0.05) is 68.6 Å². The highest BCUT2D eigenvalue weighted by Crippen LogP contribution is 2.43. The van der Waals surface area contributed by atoms with Crippen LogP contribution in [0.25, 0.3) is 11.1 Å². The minimum absolute atomic E-state index is 0.00533. The van der Waals surface area contributed by atoms with Crippen LogP contribution in [0, 0.1) is 0 Å². The Morgan fingerprint density at radius 1 is 1.09 bits per heavy atom. The van der Waals surface area contributed by atoms with Crippen LogP contribution >= 0.6 is 0 Å². The van der Waals surface area contributed by atoms with Crippen molar-refractivity contribution in [2.75, 3.05) is 25.0 Å². The molecule has 1 aromatic heterocycles. The van der Waals surface area contributed by atoms with Gasteiger partial charge >= 0.3 is 6.03 Å². The van der Waals surface area contributed by atoms with Crippen molar-refractivity contribution in [1.29, 1.82) is 0 Å². The maximum Gasteiger partial charge on any atom is 0.317 e. The van der Waals surface area contributed by atoms with Crippen LogP contribution in [0.15, 0.2) is 42.7 Å². The summed E-state index contributed by atoms with van der Waals surface area (Å²) >= 11 is 0. The molecule has 0 saturated heterocycles. The van der Waals surface area contributed by atoms with Crippen molar-refractivity contribution in [3.63, 3.8) is 0 Å². The number of aldehydes is 1. The maximum absolute atomic E-state index is 14.3. The summed E-state index contributed by atoms with van der Waals surface area (Å²) in [7, 11) is 3.47. The Balaban J connectivity index is 1.65. The fraction of sp³-hybridized carbons (Fsp3) is 0.333. The largest absolute Gasteiger partial charge is 0.357 e. The van der Waals surface area contributed by atoms with E-state index >= 15 is 0 Å². The molecular weight excluding hydrogens is 450 g/mol. The third-order valence-corrected chi connectivity index (χ3v) is 7.02. The minimum Gasteiger partial charge on any atom is -0.357 e. The molecule has 182 valence electrons. The summed E-state index contributed by atoms with van der Waals surface area (Å²) in [6.07, 6.45) is 4.18. The fourth-order valence-electron chi connectivity index (χ4n) is 5.30. The molecule has 2 aromatic carbocycles. The highest BCUT2D eigenvalue weighted by molar-refractivity contribution is 5.84. The van der Waals surface area contributed by atoms with Gasteiger partial charge in [-0.1, -0.05) is 0 Å². The predicted octanol–water partition coefficient (Wildman–Crippen LogP) is 5.22. The molecular formula is C27H28F2N4O2. The molecule has 3 aromatic rings. The highest BCUT2D eigenvalue weighted by atomic mass is 19.3. The van der Waals surface area contributed by atoms with Gasteiger partial charge in [-0.3, -0.25) is 4.79 Å². The number of aromatic nitrogens is 1. The van der Waals surface area contributed by atoms with Crippen LogP contribution in [0.1, 0.15) is 45.5 Å². The molecule has 2 amide bonds. The van der Waals surface area contributed by atoms with E-state index in [1.807, 2.05) is 48.3 Å². The molecule has 8 heteroatoms. The minimum atomic E-state index is -2.63. The monoisotopic (exact) mass is 478 g/mol. The smallest absolute Gasteiger partial charge is 0.317 e. The average Bonchev–Trinajstić information content (AvgIpc) is 3.32. The van der Waals surface area contributed by atoms with Gasteiger partial charge in [-0.2, -0.15) is 0 Å². The van der Waals surface area contributed by atoms with Crippen LogP contribution < -0.4 is 10.2 Å². The van der Waals surface area contributed by atoms with Crippen molar-refractivity contribution in [3.05, 3.63) is 70.5 Å². The molecule has 0 radical (unpaired) electrons. The van der Waals surface area contributed by atoms with Gasteiger partial charge in [0.25, 0.3) is 6.43 Å². The highest BCUT2D eigenvalue weighted by Gasteiger charge is 2.29. The summed E-state index contributed by atoms with van der Waals surface area (Å²) in [5, 5.41) is 2.68. The Kier molecular flexibility index (Phi) is 6.05. The van der Waals surface area contributed by atoms with Gasteiger partial charge in [0.1, 0.15) is 6.29 Å². The molecule has 0 atom stereocenters. The van der Waals surface area contributed by atoms with Crippen LogP contribution in [-0.2, 0) is 26.4 Å². The zero-order valence-corrected chi connectivity index (χ0v) is 19.9. The first-order valence-corrected chi connectivity index (χ1v) is 11.8. The van der Waals surface area contributed by atoms with E-state index in [4.69, 9.17) is 0 Å². The number of carbonyl (C=O) groups excluding carboxylic acids is 2. The lowest BCUT2D eigenvalue weighted by Gasteiger charge is -2.37. The van der Waals surface area contributed by atoms with Crippen LogP contribution in [0.2, 0.25) is 0 Å². The molecule has 1 N–H and O–H groups in total. The molecule has 2 aliphatic rings. The van der Waals surface area contributed by atoms with Crippen molar-refractivity contribution in [1.82, 2.24) is 14.8 Å². The van der Waals surface area contributed by atoms with Crippen molar-refractivity contribution in [2.24, 2.45) is 7.05 Å². The number of hydrogen-bond donors (Lipinski definition) is 1. The molecule has 5 rings (SSSR count). The molecule has 35 heavy (non-hydrogen) atoms. The molecule has 0 spiro atoms. The first kappa shape index (κ1) is 23.1. The predicted molar refractivity (Wildman–Crippen MR) is 132 cm³/mol. The van der Waals surface area contributed by atoms with Crippen molar-refractivity contribution < 1.29 is 18.4 Å². The van der Waals surface area contributed by atoms with Gasteiger partial charge in [0.05, 0.1) is 0 Å². The second-order valence-corrected chi connectivity index (χ2v) is 9.21. The maximum atomic E-state index is 14.3. The van der Waals surface area contributed by atoms with E-state index in [1.165, 1.54) is 0 Å². The number of nitrogens with one attached hydrogen (secondary N) is 1. The van der Waals surface area contributed by atoms with Gasteiger partial charge in [0.15, 0.2) is 0 Å². The standard InChI is InChI=1S/C27H28F2N4O2/c1-30-27(35)32-9-6-18-10-17(16-34)11-25(23(18)15-32)33-7-3-4-19-12-21(20-5-8-31(2)14-20)22(26(28)29)13-24(19)33/h5,8,10-14,16,26H,3-4,6-7,9,15H2,1-2H3,(H,30,35). The molecule has 0 fully saturated rings. The second kappa shape index (κ2) is 9.17. The van der Waals surface area contributed by atoms with E-state index < -0.39 is 6.43 Å². The Morgan fingerprint density at radius 2 is 1.91 bits per heavy atom. The van der Waals surface area contributed by atoms with Gasteiger partial charge < -0.3 is 19.7 Å². The molecule has 2 aliphatic heterocycles. The lowest BCUT2D eigenvalue weighted by Crippen LogP contribution is -2.42. The fourth-order valence-corrected chi connectivity index (χ4v) is 5.30. The molecule has 0 bridgehead atoms. The van der Waals surface area contributed by atoms with Gasteiger partial charge in [0.2, 0.25) is 0 Å². The zero-order chi connectivity index (χ0) is 24.7. The summed E-state index contributed by atoms with van der Waals surface area (Å²) in [6.45, 7) is 1.61. The lowest BCUT2D eigenvalue weighted by molar-refractivity contribution is 0.112. The number of hydrogen-bond acceptors (Lipinski definition) is 3. The Bertz CT molecular complexity index is 1300. The number of urea groups is 1. The second-order valence-electron chi connectivity index (χ2n) is 9.21. The quantitative estimate of drug-likeness (QED) is 0.523. The van der Waals surface area contributed by atoms with E-state index in [0.29, 0.717) is 37.2 Å². The molecule has 0 aliphatic carbocycles. The number of anilines is 2. The summed E-state index contributed by atoms with van der Waals surface area (Å²) in [5.41, 5.74) is 6.41. The topological polar surface area (TPSA) is 57.6 Å². The first-order valence-electron chi connectivity index (χ1n) is 11.8. The zero-order valence-electron chi connectivity index (χ0n) is 19.9. The van der Waals surface area contributed by atoms with Gasteiger partial charge in [-0.25, -0.2) is 13.6 Å². The van der Waals surface area contributed by atoms with E-state index in [0.717, 1.165) is 52.8 Å². The summed E-state index contributed by atoms with van der Waals surface area (Å²) < 4.78 is 30.4. The molecule has 0 unspecified atom stereocenters. The summed E-state index contributed by atoms with van der Waals surface area (Å²) in [5.74, 6) is 0. The van der Waals surface area contributed by atoms with Crippen molar-refractivity contribution >= 4 is 23.7 Å². The number of halogens is 2. The Morgan fingerprint density at radius 3 is 2.60 bits per heavy atom. The average molecular weight is 479 g/mol. The number of rotatable bonds is 4. The van der Waals surface area contributed by atoms with E-state index in [-0.39, 0.29) is 11.6 Å². The van der Waals surface area contributed by atoms with Crippen LogP contribution in [0.4, 0.5) is 25.0 Å². The number of aryl methyl sites for hydroxylation is 2. The van der Waals surface area contributed by atoms with Gasteiger partial charge in [-0.05, 0) is 77.4 Å². The third-order valence-electron chi connectivity index (χ3n) is 7.02. The Labute approximate surface area is 203 Å². The van der Waals surface area contributed by atoms with E-state index in [1.54, 1.807) is 18.0 Å². The SMILES string of the molecule is CNC(=O)N1CCc2cc(C=O)cc(N3CCCc4cc(-c5ccn(C)c5)c(C(F)F)cc43)c2C1. The normalized spacial score (nSPS) is 15.1. The third kappa shape index (κ3) is 4.17. The number of alkyl halides is 2. The van der Waals surface area contributed by atoms with Crippen LogP contribution in [-0.4, -0.2) is 41.9 Å². The van der Waals surface area contributed by atoms with Crippen molar-refractivity contribution in [2.45, 2.75) is 32.2 Å². The molecule has 0 saturated carbocycles. The number of nitrogens with zero attached hydrogens (tertiary/aromatic N) is 3. The van der Waals surface area contributed by atoms with Crippen molar-refractivity contribution in [3.8, 4) is 11.1 Å². The summed E-state index contributed by atoms with van der Waals surface area (Å²) in [6, 6.07) is 8.90. The Hall–Kier alpha value is -3.68. The van der Waals surface area contributed by atoms with Crippen LogP contribution in [0.3, 0.4) is 0 Å². The van der Waals surface area contributed by atoms with Crippen LogP contribution in [0.5, 0.6) is 0 Å². The number of amides is 2. The molecule has 3 heterocycles. The number of carbonyl (C=O) groups is 2. The van der Waals surface area contributed by atoms with E-state index in [2.05, 4.69) is 10.2 Å².